The molecule has 2 heterocycles. The molecule has 3 aromatic rings. The number of carbonyl (C=O) groups excluding carboxylic acids is 2. The highest BCUT2D eigenvalue weighted by Gasteiger charge is 2.48. The molecule has 0 spiro atoms. The molecule has 1 aliphatic heterocycles. The fourth-order valence-electron chi connectivity index (χ4n) is 4.27. The Morgan fingerprint density at radius 1 is 1.10 bits per heavy atom. The molecule has 0 unspecified atom stereocenters. The number of hydrogen-bond donors (Lipinski definition) is 0. The maximum absolute atomic E-state index is 13.7. The molecule has 1 amide bonds. The van der Waals surface area contributed by atoms with Crippen LogP contribution in [0.4, 0.5) is 5.95 Å². The Bertz CT molecular complexity index is 1110. The number of imidazole rings is 1. The van der Waals surface area contributed by atoms with Crippen molar-refractivity contribution >= 4 is 40.5 Å². The Morgan fingerprint density at radius 3 is 2.58 bits per heavy atom. The minimum absolute atomic E-state index is 0.200. The Hall–Kier alpha value is -2.86. The van der Waals surface area contributed by atoms with E-state index >= 15 is 0 Å². The summed E-state index contributed by atoms with van der Waals surface area (Å²) in [5, 5.41) is 0.498. The third-order valence-electron chi connectivity index (χ3n) is 5.69. The maximum Gasteiger partial charge on any atom is 0.321 e. The van der Waals surface area contributed by atoms with Crippen LogP contribution in [0.15, 0.2) is 48.5 Å². The van der Waals surface area contributed by atoms with E-state index in [0.29, 0.717) is 23.1 Å². The summed E-state index contributed by atoms with van der Waals surface area (Å²) in [6.07, 6.45) is 2.85. The van der Waals surface area contributed by atoms with Crippen molar-refractivity contribution in [1.82, 2.24) is 9.55 Å². The Kier molecular flexibility index (Phi) is 6.28. The van der Waals surface area contributed by atoms with Crippen LogP contribution in [0.5, 0.6) is 0 Å². The van der Waals surface area contributed by atoms with E-state index in [1.165, 1.54) is 0 Å². The molecule has 0 radical (unpaired) electrons. The lowest BCUT2D eigenvalue weighted by molar-refractivity contribution is -0.153. The molecule has 6 nitrogen and oxygen atoms in total. The number of anilines is 1. The second-order valence-corrected chi connectivity index (χ2v) is 8.07. The third-order valence-corrected chi connectivity index (χ3v) is 6.04. The lowest BCUT2D eigenvalue weighted by atomic mass is 9.89. The highest BCUT2D eigenvalue weighted by atomic mass is 35.5. The van der Waals surface area contributed by atoms with Crippen LogP contribution in [0.2, 0.25) is 5.02 Å². The number of aromatic nitrogens is 2. The van der Waals surface area contributed by atoms with Crippen molar-refractivity contribution in [2.45, 2.75) is 39.2 Å². The number of para-hydroxylation sites is 2. The Morgan fingerprint density at radius 2 is 1.84 bits per heavy atom. The van der Waals surface area contributed by atoms with Gasteiger partial charge in [-0.2, -0.15) is 0 Å². The van der Waals surface area contributed by atoms with E-state index in [1.807, 2.05) is 47.0 Å². The molecule has 2 atom stereocenters. The van der Waals surface area contributed by atoms with Crippen molar-refractivity contribution < 1.29 is 14.3 Å². The van der Waals surface area contributed by atoms with E-state index < -0.39 is 17.9 Å². The zero-order valence-electron chi connectivity index (χ0n) is 17.8. The molecule has 1 aliphatic rings. The minimum atomic E-state index is -1.04. The van der Waals surface area contributed by atoms with Gasteiger partial charge in [-0.15, -0.1) is 0 Å². The van der Waals surface area contributed by atoms with Gasteiger partial charge in [-0.1, -0.05) is 61.7 Å². The third kappa shape index (κ3) is 3.81. The Labute approximate surface area is 186 Å². The maximum atomic E-state index is 13.7. The number of fused-ring (bicyclic) bond motifs is 3. The molecule has 0 saturated heterocycles. The fraction of sp³-hybridized carbons (Fsp3) is 0.375. The number of carbonyl (C=O) groups is 2. The number of rotatable bonds is 7. The van der Waals surface area contributed by atoms with Crippen molar-refractivity contribution in [3.63, 3.8) is 0 Å². The molecule has 0 aliphatic carbocycles. The van der Waals surface area contributed by atoms with E-state index in [9.17, 15) is 9.59 Å². The van der Waals surface area contributed by atoms with Gasteiger partial charge < -0.3 is 9.30 Å². The van der Waals surface area contributed by atoms with E-state index in [1.54, 1.807) is 17.9 Å². The molecule has 1 aromatic heterocycles. The number of esters is 1. The van der Waals surface area contributed by atoms with Gasteiger partial charge in [0.2, 0.25) is 11.9 Å². The van der Waals surface area contributed by atoms with Crippen LogP contribution < -0.4 is 4.90 Å². The van der Waals surface area contributed by atoms with Crippen molar-refractivity contribution in [3.05, 3.63) is 59.1 Å². The van der Waals surface area contributed by atoms with Crippen molar-refractivity contribution in [1.29, 1.82) is 0 Å². The van der Waals surface area contributed by atoms with E-state index in [4.69, 9.17) is 21.3 Å². The summed E-state index contributed by atoms with van der Waals surface area (Å²) in [6, 6.07) is 14.4. The van der Waals surface area contributed by atoms with Crippen LogP contribution in [-0.2, 0) is 14.3 Å². The highest BCUT2D eigenvalue weighted by molar-refractivity contribution is 6.31. The first-order valence-electron chi connectivity index (χ1n) is 10.8. The van der Waals surface area contributed by atoms with Gasteiger partial charge in [0.1, 0.15) is 0 Å². The highest BCUT2D eigenvalue weighted by Crippen LogP contribution is 2.43. The summed E-state index contributed by atoms with van der Waals surface area (Å²) >= 11 is 6.57. The summed E-state index contributed by atoms with van der Waals surface area (Å²) in [6.45, 7) is 4.56. The molecular weight excluding hydrogens is 414 g/mol. The van der Waals surface area contributed by atoms with Gasteiger partial charge in [0.25, 0.3) is 0 Å². The van der Waals surface area contributed by atoms with Crippen LogP contribution in [0, 0.1) is 5.92 Å². The predicted molar refractivity (Wildman–Crippen MR) is 121 cm³/mol. The number of amides is 1. The first-order valence-corrected chi connectivity index (χ1v) is 11.2. The van der Waals surface area contributed by atoms with Crippen LogP contribution in [-0.4, -0.2) is 34.6 Å². The average molecular weight is 440 g/mol. The van der Waals surface area contributed by atoms with Gasteiger partial charge >= 0.3 is 5.97 Å². The molecule has 0 bridgehead atoms. The molecule has 0 N–H and O–H groups in total. The Balaban J connectivity index is 1.96. The molecular formula is C24H26ClN3O3. The number of ether oxygens (including phenoxy) is 1. The molecule has 4 rings (SSSR count). The van der Waals surface area contributed by atoms with Crippen LogP contribution in [0.3, 0.4) is 0 Å². The summed E-state index contributed by atoms with van der Waals surface area (Å²) in [7, 11) is 0. The minimum Gasteiger partial charge on any atom is -0.465 e. The van der Waals surface area contributed by atoms with E-state index in [-0.39, 0.29) is 12.5 Å². The van der Waals surface area contributed by atoms with Gasteiger partial charge in [-0.05, 0) is 37.1 Å². The van der Waals surface area contributed by atoms with Crippen LogP contribution in [0.1, 0.15) is 44.7 Å². The lowest BCUT2D eigenvalue weighted by Crippen LogP contribution is -2.50. The molecule has 7 heteroatoms. The zero-order valence-corrected chi connectivity index (χ0v) is 18.5. The number of halogens is 1. The summed E-state index contributed by atoms with van der Waals surface area (Å²) in [5.74, 6) is -1.32. The molecule has 31 heavy (non-hydrogen) atoms. The SMILES string of the molecule is CCCCCN1C(=O)[C@H](C(=O)OCC)[C@H](c2ccccc2Cl)n2c1nc1ccccc12. The van der Waals surface area contributed by atoms with Crippen molar-refractivity contribution in [3.8, 4) is 0 Å². The summed E-state index contributed by atoms with van der Waals surface area (Å²) in [4.78, 5) is 33.2. The molecule has 0 fully saturated rings. The number of unbranched alkanes of at least 4 members (excludes halogenated alkanes) is 2. The van der Waals surface area contributed by atoms with Crippen LogP contribution >= 0.6 is 11.6 Å². The normalized spacial score (nSPS) is 18.3. The van der Waals surface area contributed by atoms with Gasteiger partial charge in [-0.25, -0.2) is 4.98 Å². The topological polar surface area (TPSA) is 64.4 Å². The fourth-order valence-corrected chi connectivity index (χ4v) is 4.52. The molecule has 0 saturated carbocycles. The lowest BCUT2D eigenvalue weighted by Gasteiger charge is -2.38. The van der Waals surface area contributed by atoms with Crippen molar-refractivity contribution in [2.24, 2.45) is 5.92 Å². The first-order chi connectivity index (χ1) is 15.1. The molecule has 2 aromatic carbocycles. The second kappa shape index (κ2) is 9.10. The smallest absolute Gasteiger partial charge is 0.321 e. The molecule has 162 valence electrons. The number of nitrogens with zero attached hydrogens (tertiary/aromatic N) is 3. The van der Waals surface area contributed by atoms with E-state index in [0.717, 1.165) is 30.3 Å². The van der Waals surface area contributed by atoms with Crippen LogP contribution in [0.25, 0.3) is 11.0 Å². The van der Waals surface area contributed by atoms with Gasteiger partial charge in [-0.3, -0.25) is 14.5 Å². The first kappa shape index (κ1) is 21.4. The number of benzene rings is 2. The zero-order chi connectivity index (χ0) is 22.0. The largest absolute Gasteiger partial charge is 0.465 e. The number of hydrogen-bond acceptors (Lipinski definition) is 4. The predicted octanol–water partition coefficient (Wildman–Crippen LogP) is 5.00. The van der Waals surface area contributed by atoms with E-state index in [2.05, 4.69) is 6.92 Å². The monoisotopic (exact) mass is 439 g/mol. The van der Waals surface area contributed by atoms with Gasteiger partial charge in [0.15, 0.2) is 5.92 Å². The average Bonchev–Trinajstić information content (AvgIpc) is 3.14. The van der Waals surface area contributed by atoms with Crippen molar-refractivity contribution in [2.75, 3.05) is 18.1 Å². The summed E-state index contributed by atoms with van der Waals surface area (Å²) in [5.41, 5.74) is 2.32. The van der Waals surface area contributed by atoms with Gasteiger partial charge in [0, 0.05) is 11.6 Å². The van der Waals surface area contributed by atoms with Gasteiger partial charge in [0.05, 0.1) is 23.7 Å². The quantitative estimate of drug-likeness (QED) is 0.295. The summed E-state index contributed by atoms with van der Waals surface area (Å²) < 4.78 is 7.34. The second-order valence-electron chi connectivity index (χ2n) is 7.66. The standard InChI is InChI=1S/C24H26ClN3O3/c1-3-5-10-15-27-22(29)20(23(30)31-4-2)21(16-11-6-7-12-17(16)25)28-19-14-9-8-13-18(19)26-24(27)28/h6-9,11-14,20-21H,3-5,10,15H2,1-2H3/t20-,21+/m1/s1.